The van der Waals surface area contributed by atoms with Crippen LogP contribution in [0, 0.1) is 11.6 Å². The van der Waals surface area contributed by atoms with Gasteiger partial charge in [-0.15, -0.1) is 0 Å². The van der Waals surface area contributed by atoms with Crippen molar-refractivity contribution in [2.75, 3.05) is 13.1 Å². The molecule has 0 saturated heterocycles. The number of amides is 2. The van der Waals surface area contributed by atoms with Gasteiger partial charge in [-0.3, -0.25) is 9.59 Å². The molecule has 3 aromatic rings. The first kappa shape index (κ1) is 28.2. The number of hydrogen-bond acceptors (Lipinski definition) is 4. The maximum Gasteiger partial charge on any atom is 0.251 e. The highest BCUT2D eigenvalue weighted by Crippen LogP contribution is 2.13. The highest BCUT2D eigenvalue weighted by Gasteiger charge is 2.23. The molecule has 4 N–H and O–H groups in total. The van der Waals surface area contributed by atoms with Crippen LogP contribution < -0.4 is 16.0 Å². The Morgan fingerprint density at radius 3 is 2.30 bits per heavy atom. The summed E-state index contributed by atoms with van der Waals surface area (Å²) >= 11 is 5.83. The number of aliphatic hydroxyl groups excluding tert-OH is 1. The van der Waals surface area contributed by atoms with Gasteiger partial charge in [0, 0.05) is 29.7 Å². The summed E-state index contributed by atoms with van der Waals surface area (Å²) in [5, 5.41) is 19.7. The third kappa shape index (κ3) is 9.24. The van der Waals surface area contributed by atoms with Gasteiger partial charge in [0.25, 0.3) is 5.91 Å². The number of rotatable bonds is 12. The van der Waals surface area contributed by atoms with Gasteiger partial charge in [-0.05, 0) is 65.9 Å². The Bertz CT molecular complexity index is 1190. The average molecular weight is 530 g/mol. The number of hydrogen-bond donors (Lipinski definition) is 4. The maximum absolute atomic E-state index is 13.7. The van der Waals surface area contributed by atoms with E-state index in [1.807, 2.05) is 18.2 Å². The van der Waals surface area contributed by atoms with E-state index in [9.17, 15) is 23.5 Å². The molecule has 37 heavy (non-hydrogen) atoms. The van der Waals surface area contributed by atoms with E-state index in [0.717, 1.165) is 30.2 Å². The van der Waals surface area contributed by atoms with E-state index in [1.54, 1.807) is 12.1 Å². The molecule has 0 radical (unpaired) electrons. The molecule has 2 atom stereocenters. The molecule has 0 spiro atoms. The molecule has 196 valence electrons. The van der Waals surface area contributed by atoms with Crippen LogP contribution in [0.25, 0.3) is 0 Å². The van der Waals surface area contributed by atoms with Crippen LogP contribution in [0.15, 0.2) is 66.7 Å². The molecular weight excluding hydrogens is 500 g/mol. The van der Waals surface area contributed by atoms with E-state index in [4.69, 9.17) is 11.6 Å². The minimum atomic E-state index is -1.07. The lowest BCUT2D eigenvalue weighted by molar-refractivity contribution is -0.121. The van der Waals surface area contributed by atoms with Crippen molar-refractivity contribution in [2.45, 2.75) is 38.5 Å². The Kier molecular flexibility index (Phi) is 10.6. The van der Waals surface area contributed by atoms with Gasteiger partial charge < -0.3 is 21.1 Å². The second kappa shape index (κ2) is 13.8. The largest absolute Gasteiger partial charge is 0.390 e. The minimum absolute atomic E-state index is 0.0142. The van der Waals surface area contributed by atoms with E-state index in [-0.39, 0.29) is 25.1 Å². The van der Waals surface area contributed by atoms with Crippen molar-refractivity contribution in [1.82, 2.24) is 16.0 Å². The molecule has 2 amide bonds. The lowest BCUT2D eigenvalue weighted by Crippen LogP contribution is -2.51. The summed E-state index contributed by atoms with van der Waals surface area (Å²) in [6.07, 6.45) is -0.181. The molecule has 0 aromatic heterocycles. The van der Waals surface area contributed by atoms with Gasteiger partial charge in [0.05, 0.1) is 18.7 Å². The molecule has 0 aliphatic carbocycles. The van der Waals surface area contributed by atoms with E-state index in [2.05, 4.69) is 28.9 Å². The summed E-state index contributed by atoms with van der Waals surface area (Å²) in [6, 6.07) is 16.4. The fourth-order valence-corrected chi connectivity index (χ4v) is 3.98. The van der Waals surface area contributed by atoms with E-state index in [1.165, 1.54) is 17.7 Å². The normalized spacial score (nSPS) is 12.6. The van der Waals surface area contributed by atoms with Crippen molar-refractivity contribution < 1.29 is 23.5 Å². The smallest absolute Gasteiger partial charge is 0.251 e. The number of nitrogens with one attached hydrogen (secondary N) is 3. The van der Waals surface area contributed by atoms with Crippen LogP contribution in [0.4, 0.5) is 8.78 Å². The zero-order chi connectivity index (χ0) is 26.8. The van der Waals surface area contributed by atoms with Crippen molar-refractivity contribution in [3.63, 3.8) is 0 Å². The SMILES string of the molecule is CCc1cccc(CNCC(O)C(Cc2cc(F)cc(F)c2)NC(=O)CNC(=O)c2ccc(Cl)cc2)c1. The first-order valence-corrected chi connectivity index (χ1v) is 12.4. The Hall–Kier alpha value is -3.33. The van der Waals surface area contributed by atoms with Gasteiger partial charge in [-0.2, -0.15) is 0 Å². The zero-order valence-corrected chi connectivity index (χ0v) is 21.2. The number of aliphatic hydroxyl groups is 1. The molecule has 0 heterocycles. The number of aryl methyl sites for hydroxylation is 1. The monoisotopic (exact) mass is 529 g/mol. The standard InChI is InChI=1S/C28H30ClF2N3O3/c1-2-18-4-3-5-19(10-18)15-32-16-26(35)25(13-20-11-23(30)14-24(31)12-20)34-27(36)17-33-28(37)21-6-8-22(29)9-7-21/h3-12,14,25-26,32,35H,2,13,15-17H2,1H3,(H,33,37)(H,34,36). The van der Waals surface area contributed by atoms with Gasteiger partial charge in [-0.25, -0.2) is 8.78 Å². The van der Waals surface area contributed by atoms with Crippen LogP contribution in [0.2, 0.25) is 5.02 Å². The highest BCUT2D eigenvalue weighted by atomic mass is 35.5. The average Bonchev–Trinajstić information content (AvgIpc) is 2.86. The molecule has 0 bridgehead atoms. The van der Waals surface area contributed by atoms with Crippen molar-refractivity contribution >= 4 is 23.4 Å². The van der Waals surface area contributed by atoms with Crippen LogP contribution in [0.5, 0.6) is 0 Å². The van der Waals surface area contributed by atoms with E-state index in [0.29, 0.717) is 17.1 Å². The van der Waals surface area contributed by atoms with Crippen molar-refractivity contribution in [1.29, 1.82) is 0 Å². The lowest BCUT2D eigenvalue weighted by atomic mass is 10.0. The van der Waals surface area contributed by atoms with Crippen molar-refractivity contribution in [3.05, 3.63) is 106 Å². The molecule has 0 saturated carbocycles. The summed E-state index contributed by atoms with van der Waals surface area (Å²) in [4.78, 5) is 24.9. The Morgan fingerprint density at radius 1 is 0.946 bits per heavy atom. The first-order chi connectivity index (χ1) is 17.7. The fourth-order valence-electron chi connectivity index (χ4n) is 3.85. The fraction of sp³-hybridized carbons (Fsp3) is 0.286. The third-order valence-electron chi connectivity index (χ3n) is 5.79. The van der Waals surface area contributed by atoms with Crippen molar-refractivity contribution in [3.8, 4) is 0 Å². The van der Waals surface area contributed by atoms with Crippen LogP contribution in [-0.2, 0) is 24.2 Å². The number of benzene rings is 3. The topological polar surface area (TPSA) is 90.5 Å². The highest BCUT2D eigenvalue weighted by molar-refractivity contribution is 6.30. The van der Waals surface area contributed by atoms with Crippen LogP contribution in [-0.4, -0.2) is 42.2 Å². The number of carbonyl (C=O) groups excluding carboxylic acids is 2. The molecule has 3 aromatic carbocycles. The molecule has 9 heteroatoms. The number of halogens is 3. The van der Waals surface area contributed by atoms with E-state index < -0.39 is 35.6 Å². The molecule has 0 fully saturated rings. The molecule has 3 rings (SSSR count). The van der Waals surface area contributed by atoms with Gasteiger partial charge in [0.15, 0.2) is 0 Å². The first-order valence-electron chi connectivity index (χ1n) is 12.0. The summed E-state index contributed by atoms with van der Waals surface area (Å²) in [7, 11) is 0. The lowest BCUT2D eigenvalue weighted by Gasteiger charge is -2.25. The predicted octanol–water partition coefficient (Wildman–Crippen LogP) is 3.79. The quantitative estimate of drug-likeness (QED) is 0.287. The summed E-state index contributed by atoms with van der Waals surface area (Å²) < 4.78 is 27.5. The predicted molar refractivity (Wildman–Crippen MR) is 139 cm³/mol. The Balaban J connectivity index is 1.62. The molecular formula is C28H30ClF2N3O3. The van der Waals surface area contributed by atoms with Gasteiger partial charge in [0.2, 0.25) is 5.91 Å². The Labute approximate surface area is 220 Å². The summed E-state index contributed by atoms with van der Waals surface area (Å²) in [5.74, 6) is -2.52. The van der Waals surface area contributed by atoms with Crippen LogP contribution in [0.3, 0.4) is 0 Å². The third-order valence-corrected chi connectivity index (χ3v) is 6.04. The number of carbonyl (C=O) groups is 2. The zero-order valence-electron chi connectivity index (χ0n) is 20.4. The molecule has 0 aliphatic rings. The Morgan fingerprint density at radius 2 is 1.62 bits per heavy atom. The second-order valence-corrected chi connectivity index (χ2v) is 9.15. The maximum atomic E-state index is 13.7. The molecule has 2 unspecified atom stereocenters. The van der Waals surface area contributed by atoms with Gasteiger partial charge in [0.1, 0.15) is 11.6 Å². The van der Waals surface area contributed by atoms with Crippen LogP contribution >= 0.6 is 11.6 Å². The van der Waals surface area contributed by atoms with Gasteiger partial charge in [-0.1, -0.05) is 42.8 Å². The van der Waals surface area contributed by atoms with Crippen molar-refractivity contribution in [2.24, 2.45) is 0 Å². The van der Waals surface area contributed by atoms with Crippen LogP contribution in [0.1, 0.15) is 34.0 Å². The minimum Gasteiger partial charge on any atom is -0.390 e. The molecule has 0 aliphatic heterocycles. The van der Waals surface area contributed by atoms with Gasteiger partial charge >= 0.3 is 0 Å². The van der Waals surface area contributed by atoms with E-state index >= 15 is 0 Å². The molecule has 6 nitrogen and oxygen atoms in total. The summed E-state index contributed by atoms with van der Waals surface area (Å²) in [6.45, 7) is 2.34. The summed E-state index contributed by atoms with van der Waals surface area (Å²) in [5.41, 5.74) is 2.85. The second-order valence-electron chi connectivity index (χ2n) is 8.72.